The maximum Gasteiger partial charge on any atom is 0.257 e. The first-order valence-electron chi connectivity index (χ1n) is 7.25. The van der Waals surface area contributed by atoms with Crippen LogP contribution in [0.2, 0.25) is 0 Å². The molecule has 1 amide bonds. The number of hydrogen-bond donors (Lipinski definition) is 2. The van der Waals surface area contributed by atoms with Crippen LogP contribution in [0.4, 0.5) is 0 Å². The van der Waals surface area contributed by atoms with Crippen LogP contribution in [0.5, 0.6) is 11.5 Å². The number of phenolic OH excluding ortho intramolecular Hbond substituents is 2. The van der Waals surface area contributed by atoms with Gasteiger partial charge in [-0.2, -0.15) is 0 Å². The second-order valence-corrected chi connectivity index (χ2v) is 5.73. The number of phenols is 2. The maximum atomic E-state index is 12.5. The topological polar surface area (TPSA) is 60.8 Å². The average Bonchev–Trinajstić information content (AvgIpc) is 2.47. The Morgan fingerprint density at radius 1 is 1.09 bits per heavy atom. The van der Waals surface area contributed by atoms with E-state index in [-0.39, 0.29) is 28.9 Å². The van der Waals surface area contributed by atoms with Gasteiger partial charge in [0.1, 0.15) is 11.5 Å². The van der Waals surface area contributed by atoms with Gasteiger partial charge in [0.25, 0.3) is 5.91 Å². The van der Waals surface area contributed by atoms with Crippen molar-refractivity contribution in [3.63, 3.8) is 0 Å². The van der Waals surface area contributed by atoms with Crippen LogP contribution in [-0.2, 0) is 6.54 Å². The van der Waals surface area contributed by atoms with Crippen molar-refractivity contribution in [1.29, 1.82) is 0 Å². The van der Waals surface area contributed by atoms with Crippen LogP contribution >= 0.6 is 0 Å². The lowest BCUT2D eigenvalue weighted by atomic mass is 9.98. The molecule has 0 spiro atoms. The Hall–Kier alpha value is -2.49. The predicted octanol–water partition coefficient (Wildman–Crippen LogP) is 3.49. The summed E-state index contributed by atoms with van der Waals surface area (Å²) in [6.45, 7) is 4.30. The minimum Gasteiger partial charge on any atom is -0.508 e. The first-order chi connectivity index (χ1) is 10.4. The van der Waals surface area contributed by atoms with E-state index in [9.17, 15) is 15.0 Å². The monoisotopic (exact) mass is 299 g/mol. The Morgan fingerprint density at radius 2 is 1.73 bits per heavy atom. The third kappa shape index (κ3) is 3.39. The van der Waals surface area contributed by atoms with E-state index >= 15 is 0 Å². The number of rotatable bonds is 4. The van der Waals surface area contributed by atoms with Crippen molar-refractivity contribution >= 4 is 5.91 Å². The SMILES string of the molecule is CC(C)c1cc(C(=O)N(C)Cc2ccccc2)c(O)cc1O. The van der Waals surface area contributed by atoms with E-state index < -0.39 is 0 Å². The molecule has 2 aromatic rings. The molecule has 2 rings (SSSR count). The summed E-state index contributed by atoms with van der Waals surface area (Å²) in [5.41, 5.74) is 1.87. The van der Waals surface area contributed by atoms with E-state index in [4.69, 9.17) is 0 Å². The van der Waals surface area contributed by atoms with E-state index in [0.717, 1.165) is 5.56 Å². The number of amides is 1. The van der Waals surface area contributed by atoms with Gasteiger partial charge in [0.2, 0.25) is 0 Å². The molecular weight excluding hydrogens is 278 g/mol. The average molecular weight is 299 g/mol. The highest BCUT2D eigenvalue weighted by atomic mass is 16.3. The molecule has 0 fully saturated rings. The first kappa shape index (κ1) is 15.9. The van der Waals surface area contributed by atoms with Crippen molar-refractivity contribution in [2.45, 2.75) is 26.3 Å². The summed E-state index contributed by atoms with van der Waals surface area (Å²) >= 11 is 0. The second kappa shape index (κ2) is 6.52. The Balaban J connectivity index is 2.27. The van der Waals surface area contributed by atoms with Gasteiger partial charge in [0.15, 0.2) is 0 Å². The highest BCUT2D eigenvalue weighted by molar-refractivity contribution is 5.97. The van der Waals surface area contributed by atoms with Crippen LogP contribution in [0.3, 0.4) is 0 Å². The Morgan fingerprint density at radius 3 is 2.32 bits per heavy atom. The zero-order valence-electron chi connectivity index (χ0n) is 13.1. The number of carbonyl (C=O) groups is 1. The third-order valence-electron chi connectivity index (χ3n) is 3.61. The van der Waals surface area contributed by atoms with Gasteiger partial charge in [-0.05, 0) is 23.1 Å². The third-order valence-corrected chi connectivity index (χ3v) is 3.61. The van der Waals surface area contributed by atoms with Crippen LogP contribution in [-0.4, -0.2) is 28.1 Å². The van der Waals surface area contributed by atoms with Gasteiger partial charge in [-0.3, -0.25) is 4.79 Å². The summed E-state index contributed by atoms with van der Waals surface area (Å²) in [6, 6.07) is 12.5. The van der Waals surface area contributed by atoms with E-state index in [1.54, 1.807) is 18.0 Å². The molecule has 0 saturated carbocycles. The number of aromatic hydroxyl groups is 2. The molecule has 0 aliphatic heterocycles. The Bertz CT molecular complexity index is 666. The lowest BCUT2D eigenvalue weighted by molar-refractivity contribution is 0.0782. The first-order valence-corrected chi connectivity index (χ1v) is 7.25. The molecule has 0 heterocycles. The molecule has 0 aliphatic rings. The molecule has 116 valence electrons. The second-order valence-electron chi connectivity index (χ2n) is 5.73. The van der Waals surface area contributed by atoms with E-state index in [0.29, 0.717) is 12.1 Å². The molecule has 0 aromatic heterocycles. The predicted molar refractivity (Wildman–Crippen MR) is 86.1 cm³/mol. The van der Waals surface area contributed by atoms with Gasteiger partial charge >= 0.3 is 0 Å². The van der Waals surface area contributed by atoms with Crippen LogP contribution in [0.1, 0.15) is 41.3 Å². The van der Waals surface area contributed by atoms with Crippen molar-refractivity contribution in [2.24, 2.45) is 0 Å². The van der Waals surface area contributed by atoms with Crippen molar-refractivity contribution < 1.29 is 15.0 Å². The number of nitrogens with zero attached hydrogens (tertiary/aromatic N) is 1. The van der Waals surface area contributed by atoms with Gasteiger partial charge in [-0.1, -0.05) is 44.2 Å². The van der Waals surface area contributed by atoms with Crippen LogP contribution in [0, 0.1) is 0 Å². The normalized spacial score (nSPS) is 10.7. The highest BCUT2D eigenvalue weighted by Crippen LogP contribution is 2.32. The van der Waals surface area contributed by atoms with Gasteiger partial charge in [-0.25, -0.2) is 0 Å². The summed E-state index contributed by atoms with van der Waals surface area (Å²) < 4.78 is 0. The molecule has 2 N–H and O–H groups in total. The summed E-state index contributed by atoms with van der Waals surface area (Å²) in [4.78, 5) is 14.1. The summed E-state index contributed by atoms with van der Waals surface area (Å²) in [6.07, 6.45) is 0. The smallest absolute Gasteiger partial charge is 0.257 e. The number of hydrogen-bond acceptors (Lipinski definition) is 3. The van der Waals surface area contributed by atoms with Crippen LogP contribution in [0.25, 0.3) is 0 Å². The molecule has 0 aliphatic carbocycles. The van der Waals surface area contributed by atoms with E-state index in [1.807, 2.05) is 44.2 Å². The molecule has 0 saturated heterocycles. The minimum absolute atomic E-state index is 0.00904. The molecule has 0 radical (unpaired) electrons. The summed E-state index contributed by atoms with van der Waals surface area (Å²) in [5, 5.41) is 19.8. The lowest BCUT2D eigenvalue weighted by Gasteiger charge is -2.19. The highest BCUT2D eigenvalue weighted by Gasteiger charge is 2.19. The fourth-order valence-electron chi connectivity index (χ4n) is 2.36. The van der Waals surface area contributed by atoms with Crippen LogP contribution < -0.4 is 0 Å². The number of carbonyl (C=O) groups excluding carboxylic acids is 1. The van der Waals surface area contributed by atoms with Gasteiger partial charge in [0, 0.05) is 19.7 Å². The molecule has 4 heteroatoms. The van der Waals surface area contributed by atoms with E-state index in [2.05, 4.69) is 0 Å². The molecular formula is C18H21NO3. The lowest BCUT2D eigenvalue weighted by Crippen LogP contribution is -2.26. The van der Waals surface area contributed by atoms with Gasteiger partial charge in [0.05, 0.1) is 5.56 Å². The van der Waals surface area contributed by atoms with Crippen molar-refractivity contribution in [3.05, 3.63) is 59.2 Å². The zero-order chi connectivity index (χ0) is 16.3. The summed E-state index contributed by atoms with van der Waals surface area (Å²) in [5.74, 6) is -0.406. The van der Waals surface area contributed by atoms with Crippen molar-refractivity contribution in [1.82, 2.24) is 4.90 Å². The van der Waals surface area contributed by atoms with Crippen LogP contribution in [0.15, 0.2) is 42.5 Å². The quantitative estimate of drug-likeness (QED) is 0.908. The van der Waals surface area contributed by atoms with E-state index in [1.165, 1.54) is 6.07 Å². The Labute approximate surface area is 130 Å². The van der Waals surface area contributed by atoms with Crippen molar-refractivity contribution in [2.75, 3.05) is 7.05 Å². The molecule has 4 nitrogen and oxygen atoms in total. The minimum atomic E-state index is -0.275. The maximum absolute atomic E-state index is 12.5. The fraction of sp³-hybridized carbons (Fsp3) is 0.278. The van der Waals surface area contributed by atoms with Gasteiger partial charge in [-0.15, -0.1) is 0 Å². The standard InChI is InChI=1S/C18H21NO3/c1-12(2)14-9-15(17(21)10-16(14)20)18(22)19(3)11-13-7-5-4-6-8-13/h4-10,12,20-21H,11H2,1-3H3. The Kier molecular flexibility index (Phi) is 4.71. The molecule has 0 bridgehead atoms. The fourth-order valence-corrected chi connectivity index (χ4v) is 2.36. The van der Waals surface area contributed by atoms with Gasteiger partial charge < -0.3 is 15.1 Å². The summed E-state index contributed by atoms with van der Waals surface area (Å²) in [7, 11) is 1.69. The molecule has 0 atom stereocenters. The zero-order valence-corrected chi connectivity index (χ0v) is 13.1. The van der Waals surface area contributed by atoms with Crippen molar-refractivity contribution in [3.8, 4) is 11.5 Å². The largest absolute Gasteiger partial charge is 0.508 e. The molecule has 0 unspecified atom stereocenters. The molecule has 22 heavy (non-hydrogen) atoms. The number of benzene rings is 2. The molecule has 2 aromatic carbocycles.